The van der Waals surface area contributed by atoms with E-state index in [4.69, 9.17) is 0 Å². The molecular weight excluding hydrogens is 370 g/mol. The number of nitrogens with zero attached hydrogens (tertiary/aromatic N) is 1. The van der Waals surface area contributed by atoms with Crippen molar-refractivity contribution in [1.29, 1.82) is 0 Å². The van der Waals surface area contributed by atoms with E-state index >= 15 is 0 Å². The van der Waals surface area contributed by atoms with Gasteiger partial charge >= 0.3 is 0 Å². The highest BCUT2D eigenvalue weighted by atomic mass is 79.9. The SMILES string of the molecule is CC(Br)c1ccc2c(c1)c1ccccc1c1c2c2ccccc2n1C. The predicted octanol–water partition coefficient (Wildman–Crippen LogP) is 7.09. The third kappa shape index (κ3) is 2.01. The Hall–Kier alpha value is -2.32. The summed E-state index contributed by atoms with van der Waals surface area (Å²) in [5.41, 5.74) is 3.93. The van der Waals surface area contributed by atoms with Gasteiger partial charge in [0.2, 0.25) is 0 Å². The highest BCUT2D eigenvalue weighted by Gasteiger charge is 2.16. The maximum absolute atomic E-state index is 3.72. The monoisotopic (exact) mass is 387 g/mol. The fraction of sp³-hybridized carbons (Fsp3) is 0.130. The number of aryl methyl sites for hydroxylation is 1. The number of rotatable bonds is 1. The van der Waals surface area contributed by atoms with Gasteiger partial charge in [-0.15, -0.1) is 0 Å². The van der Waals surface area contributed by atoms with E-state index in [9.17, 15) is 0 Å². The fourth-order valence-corrected chi connectivity index (χ4v) is 4.44. The number of hydrogen-bond acceptors (Lipinski definition) is 0. The van der Waals surface area contributed by atoms with E-state index in [1.165, 1.54) is 48.9 Å². The van der Waals surface area contributed by atoms with Crippen LogP contribution in [0.4, 0.5) is 0 Å². The molecule has 0 aliphatic rings. The molecule has 0 radical (unpaired) electrons. The molecule has 1 unspecified atom stereocenters. The van der Waals surface area contributed by atoms with Crippen molar-refractivity contribution in [2.24, 2.45) is 7.05 Å². The lowest BCUT2D eigenvalue weighted by Gasteiger charge is -2.11. The van der Waals surface area contributed by atoms with Crippen LogP contribution in [0.2, 0.25) is 0 Å². The van der Waals surface area contributed by atoms with E-state index in [0.717, 1.165) is 0 Å². The Morgan fingerprint density at radius 3 is 2.20 bits per heavy atom. The zero-order valence-electron chi connectivity index (χ0n) is 14.3. The summed E-state index contributed by atoms with van der Waals surface area (Å²) in [5.74, 6) is 0. The topological polar surface area (TPSA) is 4.93 Å². The summed E-state index contributed by atoms with van der Waals surface area (Å²) in [6.07, 6.45) is 0. The van der Waals surface area contributed by atoms with Gasteiger partial charge in [0, 0.05) is 33.6 Å². The van der Waals surface area contributed by atoms with Crippen LogP contribution < -0.4 is 0 Å². The van der Waals surface area contributed by atoms with Crippen LogP contribution in [0.1, 0.15) is 17.3 Å². The van der Waals surface area contributed by atoms with Crippen LogP contribution in [0.25, 0.3) is 43.4 Å². The minimum Gasteiger partial charge on any atom is -0.343 e. The van der Waals surface area contributed by atoms with E-state index in [1.807, 2.05) is 0 Å². The largest absolute Gasteiger partial charge is 0.343 e. The summed E-state index contributed by atoms with van der Waals surface area (Å²) in [5, 5.41) is 8.01. The van der Waals surface area contributed by atoms with Gasteiger partial charge in [-0.3, -0.25) is 0 Å². The van der Waals surface area contributed by atoms with Crippen molar-refractivity contribution in [3.63, 3.8) is 0 Å². The van der Waals surface area contributed by atoms with Gasteiger partial charge in [-0.25, -0.2) is 0 Å². The quantitative estimate of drug-likeness (QED) is 0.213. The van der Waals surface area contributed by atoms with Gasteiger partial charge in [-0.05, 0) is 40.8 Å². The van der Waals surface area contributed by atoms with Gasteiger partial charge in [0.05, 0.1) is 5.52 Å². The highest BCUT2D eigenvalue weighted by molar-refractivity contribution is 9.09. The van der Waals surface area contributed by atoms with E-state index < -0.39 is 0 Å². The van der Waals surface area contributed by atoms with E-state index in [1.54, 1.807) is 0 Å². The van der Waals surface area contributed by atoms with Crippen LogP contribution in [-0.2, 0) is 7.05 Å². The third-order valence-corrected chi connectivity index (χ3v) is 5.88. The normalized spacial score (nSPS) is 13.2. The van der Waals surface area contributed by atoms with E-state index in [-0.39, 0.29) is 0 Å². The molecular formula is C23H18BrN. The maximum Gasteiger partial charge on any atom is 0.0574 e. The summed E-state index contributed by atoms with van der Waals surface area (Å²) < 4.78 is 2.34. The van der Waals surface area contributed by atoms with Crippen LogP contribution in [0.5, 0.6) is 0 Å². The van der Waals surface area contributed by atoms with Crippen molar-refractivity contribution in [2.75, 3.05) is 0 Å². The zero-order chi connectivity index (χ0) is 17.1. The van der Waals surface area contributed by atoms with Gasteiger partial charge in [0.15, 0.2) is 0 Å². The van der Waals surface area contributed by atoms with Gasteiger partial charge in [-0.2, -0.15) is 0 Å². The molecule has 1 nitrogen and oxygen atoms in total. The van der Waals surface area contributed by atoms with Crippen molar-refractivity contribution in [1.82, 2.24) is 4.57 Å². The summed E-state index contributed by atoms with van der Waals surface area (Å²) in [6.45, 7) is 2.18. The average Bonchev–Trinajstić information content (AvgIpc) is 2.95. The van der Waals surface area contributed by atoms with Crippen LogP contribution in [0.15, 0.2) is 66.7 Å². The minimum atomic E-state index is 0.346. The Bertz CT molecular complexity index is 1280. The lowest BCUT2D eigenvalue weighted by molar-refractivity contribution is 1.02. The number of aromatic nitrogens is 1. The molecule has 0 aliphatic carbocycles. The molecule has 0 spiro atoms. The van der Waals surface area contributed by atoms with Crippen LogP contribution in [0, 0.1) is 0 Å². The van der Waals surface area contributed by atoms with Crippen molar-refractivity contribution in [3.8, 4) is 0 Å². The molecule has 5 aromatic rings. The van der Waals surface area contributed by atoms with Crippen molar-refractivity contribution in [2.45, 2.75) is 11.8 Å². The molecule has 1 aromatic heterocycles. The predicted molar refractivity (Wildman–Crippen MR) is 113 cm³/mol. The first kappa shape index (κ1) is 15.0. The number of fused-ring (bicyclic) bond motifs is 8. The van der Waals surface area contributed by atoms with Gasteiger partial charge in [-0.1, -0.05) is 70.5 Å². The van der Waals surface area contributed by atoms with Crippen molar-refractivity contribution in [3.05, 3.63) is 72.3 Å². The molecule has 4 aromatic carbocycles. The lowest BCUT2D eigenvalue weighted by Crippen LogP contribution is -1.90. The average molecular weight is 388 g/mol. The second kappa shape index (κ2) is 5.34. The molecule has 5 rings (SSSR count). The lowest BCUT2D eigenvalue weighted by atomic mass is 9.95. The minimum absolute atomic E-state index is 0.346. The highest BCUT2D eigenvalue weighted by Crippen LogP contribution is 2.41. The number of para-hydroxylation sites is 1. The van der Waals surface area contributed by atoms with Gasteiger partial charge < -0.3 is 4.57 Å². The number of alkyl halides is 1. The molecule has 0 fully saturated rings. The van der Waals surface area contributed by atoms with Crippen molar-refractivity contribution < 1.29 is 0 Å². The molecule has 0 aliphatic heterocycles. The first-order chi connectivity index (χ1) is 12.2. The van der Waals surface area contributed by atoms with Gasteiger partial charge in [0.1, 0.15) is 0 Å². The molecule has 1 heterocycles. The molecule has 0 N–H and O–H groups in total. The number of benzene rings is 4. The van der Waals surface area contributed by atoms with Crippen molar-refractivity contribution >= 4 is 59.3 Å². The third-order valence-electron chi connectivity index (χ3n) is 5.35. The fourth-order valence-electron chi connectivity index (χ4n) is 4.16. The molecule has 122 valence electrons. The van der Waals surface area contributed by atoms with E-state index in [2.05, 4.69) is 101 Å². The van der Waals surface area contributed by atoms with Crippen LogP contribution in [-0.4, -0.2) is 4.57 Å². The molecule has 0 amide bonds. The number of halogens is 1. The Morgan fingerprint density at radius 2 is 1.44 bits per heavy atom. The number of hydrogen-bond donors (Lipinski definition) is 0. The smallest absolute Gasteiger partial charge is 0.0574 e. The molecule has 2 heteroatoms. The summed E-state index contributed by atoms with van der Waals surface area (Å²) >= 11 is 3.72. The Labute approximate surface area is 155 Å². The maximum atomic E-state index is 3.72. The van der Waals surface area contributed by atoms with Crippen LogP contribution in [0.3, 0.4) is 0 Å². The zero-order valence-corrected chi connectivity index (χ0v) is 15.8. The standard InChI is InChI=1S/C23H18BrN/c1-14(24)15-11-12-17-20(13-15)16-7-3-4-8-18(16)23-22(17)19-9-5-6-10-21(19)25(23)2/h3-14H,1-2H3. The molecule has 25 heavy (non-hydrogen) atoms. The van der Waals surface area contributed by atoms with Gasteiger partial charge in [0.25, 0.3) is 0 Å². The summed E-state index contributed by atoms with van der Waals surface area (Å²) in [7, 11) is 2.18. The van der Waals surface area contributed by atoms with E-state index in [0.29, 0.717) is 4.83 Å². The molecule has 0 saturated heterocycles. The molecule has 0 saturated carbocycles. The first-order valence-corrected chi connectivity index (χ1v) is 9.54. The summed E-state index contributed by atoms with van der Waals surface area (Å²) in [6, 6.07) is 24.4. The first-order valence-electron chi connectivity index (χ1n) is 8.62. The second-order valence-corrected chi connectivity index (χ2v) is 8.14. The molecule has 0 bridgehead atoms. The van der Waals surface area contributed by atoms with Crippen LogP contribution >= 0.6 is 15.9 Å². The Kier molecular flexibility index (Phi) is 3.20. The molecule has 1 atom stereocenters. The Balaban J connectivity index is 2.15. The second-order valence-electron chi connectivity index (χ2n) is 6.77. The Morgan fingerprint density at radius 1 is 0.760 bits per heavy atom. The summed E-state index contributed by atoms with van der Waals surface area (Å²) in [4.78, 5) is 0.346.